The highest BCUT2D eigenvalue weighted by Gasteiger charge is 2.19. The number of amides is 2. The average Bonchev–Trinajstić information content (AvgIpc) is 2.46. The highest BCUT2D eigenvalue weighted by molar-refractivity contribution is 5.78. The fraction of sp³-hybridized carbons (Fsp3) is 0.882. The first-order chi connectivity index (χ1) is 10.9. The highest BCUT2D eigenvalue weighted by Crippen LogP contribution is 2.06. The van der Waals surface area contributed by atoms with Crippen molar-refractivity contribution >= 4 is 11.8 Å². The molecular weight excluding hydrogens is 294 g/mol. The molecule has 0 saturated carbocycles. The Kier molecular flexibility index (Phi) is 12.7. The van der Waals surface area contributed by atoms with Crippen LogP contribution in [0.25, 0.3) is 0 Å². The molecule has 0 heterocycles. The largest absolute Gasteiger partial charge is 0.383 e. The first-order valence-electron chi connectivity index (χ1n) is 8.67. The number of likely N-dealkylation sites (N-methyl/N-ethyl adjacent to an activating group) is 1. The van der Waals surface area contributed by atoms with Crippen LogP contribution in [0.3, 0.4) is 0 Å². The van der Waals surface area contributed by atoms with Crippen LogP contribution in [-0.4, -0.2) is 56.1 Å². The fourth-order valence-corrected chi connectivity index (χ4v) is 2.49. The molecule has 6 heteroatoms. The summed E-state index contributed by atoms with van der Waals surface area (Å²) in [7, 11) is 3.61. The number of nitrogens with two attached hydrogens (primary N) is 1. The van der Waals surface area contributed by atoms with E-state index in [1.165, 1.54) is 19.3 Å². The molecule has 0 aromatic rings. The molecule has 0 aromatic carbocycles. The third kappa shape index (κ3) is 12.0. The van der Waals surface area contributed by atoms with Crippen molar-refractivity contribution in [2.75, 3.05) is 27.3 Å². The van der Waals surface area contributed by atoms with Gasteiger partial charge in [-0.2, -0.15) is 0 Å². The predicted octanol–water partition coefficient (Wildman–Crippen LogP) is 1.67. The average molecular weight is 329 g/mol. The van der Waals surface area contributed by atoms with Crippen LogP contribution in [0.2, 0.25) is 0 Å². The summed E-state index contributed by atoms with van der Waals surface area (Å²) in [6.45, 7) is 5.39. The molecular formula is C17H35N3O3. The van der Waals surface area contributed by atoms with Gasteiger partial charge in [0.1, 0.15) is 0 Å². The number of nitrogens with one attached hydrogen (secondary N) is 1. The van der Waals surface area contributed by atoms with E-state index in [0.717, 1.165) is 12.8 Å². The van der Waals surface area contributed by atoms with E-state index in [1.54, 1.807) is 7.11 Å². The van der Waals surface area contributed by atoms with Gasteiger partial charge < -0.3 is 15.8 Å². The number of nitrogens with zero attached hydrogens (tertiary/aromatic N) is 1. The van der Waals surface area contributed by atoms with Gasteiger partial charge in [-0.25, -0.2) is 0 Å². The van der Waals surface area contributed by atoms with Crippen LogP contribution in [0.4, 0.5) is 0 Å². The number of ether oxygens (including phenoxy) is 1. The summed E-state index contributed by atoms with van der Waals surface area (Å²) in [6.07, 6.45) is 6.22. The predicted molar refractivity (Wildman–Crippen MR) is 93.1 cm³/mol. The van der Waals surface area contributed by atoms with Gasteiger partial charge in [0.05, 0.1) is 12.6 Å². The molecule has 0 bridgehead atoms. The maximum Gasteiger partial charge on any atom is 0.220 e. The van der Waals surface area contributed by atoms with Crippen LogP contribution in [0.5, 0.6) is 0 Å². The molecule has 0 spiro atoms. The molecule has 0 aromatic heterocycles. The van der Waals surface area contributed by atoms with E-state index < -0.39 is 5.91 Å². The van der Waals surface area contributed by atoms with Gasteiger partial charge in [-0.05, 0) is 20.4 Å². The van der Waals surface area contributed by atoms with Gasteiger partial charge in [-0.1, -0.05) is 32.6 Å². The van der Waals surface area contributed by atoms with Gasteiger partial charge >= 0.3 is 0 Å². The second-order valence-electron chi connectivity index (χ2n) is 6.34. The Morgan fingerprint density at radius 2 is 1.87 bits per heavy atom. The summed E-state index contributed by atoms with van der Waals surface area (Å²) in [4.78, 5) is 25.3. The molecule has 23 heavy (non-hydrogen) atoms. The van der Waals surface area contributed by atoms with Crippen molar-refractivity contribution in [2.45, 2.75) is 70.9 Å². The van der Waals surface area contributed by atoms with Crippen LogP contribution >= 0.6 is 0 Å². The smallest absolute Gasteiger partial charge is 0.220 e. The number of primary amides is 1. The van der Waals surface area contributed by atoms with Crippen molar-refractivity contribution in [1.29, 1.82) is 0 Å². The number of unbranched alkanes of at least 4 members (excludes halogenated alkanes) is 4. The van der Waals surface area contributed by atoms with Gasteiger partial charge in [-0.3, -0.25) is 14.5 Å². The standard InChI is InChI=1S/C17H35N3O3/c1-5-6-7-8-9-10-17(22)19-15(11-16(18)21)12-20(3)14(2)13-23-4/h14-15H,5-13H2,1-4H3,(H2,18,21)(H,19,22)/t14-,15+/m0/s1. The number of hydrogen-bond donors (Lipinski definition) is 2. The van der Waals surface area contributed by atoms with Gasteiger partial charge in [0.2, 0.25) is 11.8 Å². The van der Waals surface area contributed by atoms with Crippen molar-refractivity contribution in [3.05, 3.63) is 0 Å². The second kappa shape index (κ2) is 13.3. The van der Waals surface area contributed by atoms with Gasteiger partial charge in [0.15, 0.2) is 0 Å². The number of methoxy groups -OCH3 is 1. The molecule has 0 rings (SSSR count). The van der Waals surface area contributed by atoms with Crippen LogP contribution < -0.4 is 11.1 Å². The van der Waals surface area contributed by atoms with Gasteiger partial charge in [-0.15, -0.1) is 0 Å². The maximum absolute atomic E-state index is 12.0. The van der Waals surface area contributed by atoms with E-state index >= 15 is 0 Å². The van der Waals surface area contributed by atoms with Crippen molar-refractivity contribution in [3.63, 3.8) is 0 Å². The van der Waals surface area contributed by atoms with E-state index in [2.05, 4.69) is 17.1 Å². The number of carbonyl (C=O) groups is 2. The number of rotatable bonds is 14. The Morgan fingerprint density at radius 1 is 1.22 bits per heavy atom. The number of hydrogen-bond acceptors (Lipinski definition) is 4. The number of carbonyl (C=O) groups excluding carboxylic acids is 2. The van der Waals surface area contributed by atoms with E-state index in [1.807, 2.05) is 14.0 Å². The van der Waals surface area contributed by atoms with E-state index in [-0.39, 0.29) is 24.4 Å². The van der Waals surface area contributed by atoms with Crippen molar-refractivity contribution in [3.8, 4) is 0 Å². The van der Waals surface area contributed by atoms with Crippen LogP contribution in [0.1, 0.15) is 58.8 Å². The lowest BCUT2D eigenvalue weighted by Crippen LogP contribution is -2.47. The van der Waals surface area contributed by atoms with Crippen LogP contribution in [-0.2, 0) is 14.3 Å². The quantitative estimate of drug-likeness (QED) is 0.475. The van der Waals surface area contributed by atoms with Crippen LogP contribution in [0.15, 0.2) is 0 Å². The zero-order valence-electron chi connectivity index (χ0n) is 15.3. The normalized spacial score (nSPS) is 13.8. The monoisotopic (exact) mass is 329 g/mol. The molecule has 0 aliphatic heterocycles. The summed E-state index contributed by atoms with van der Waals surface area (Å²) >= 11 is 0. The highest BCUT2D eigenvalue weighted by atomic mass is 16.5. The van der Waals surface area contributed by atoms with E-state index in [0.29, 0.717) is 19.6 Å². The Hall–Kier alpha value is -1.14. The minimum Gasteiger partial charge on any atom is -0.383 e. The minimum atomic E-state index is -0.397. The summed E-state index contributed by atoms with van der Waals surface area (Å²) in [5.74, 6) is -0.397. The first-order valence-corrected chi connectivity index (χ1v) is 8.67. The van der Waals surface area contributed by atoms with E-state index in [4.69, 9.17) is 10.5 Å². The van der Waals surface area contributed by atoms with Gasteiger partial charge in [0, 0.05) is 32.5 Å². The molecule has 0 aliphatic rings. The summed E-state index contributed by atoms with van der Waals surface area (Å²) in [6, 6.07) is -0.0405. The lowest BCUT2D eigenvalue weighted by Gasteiger charge is -2.28. The SMILES string of the molecule is CCCCCCCC(=O)N[C@H](CC(N)=O)CN(C)[C@@H](C)COC. The van der Waals surface area contributed by atoms with Crippen LogP contribution in [0, 0.1) is 0 Å². The molecule has 0 saturated heterocycles. The lowest BCUT2D eigenvalue weighted by molar-refractivity contribution is -0.123. The third-order valence-electron chi connectivity index (χ3n) is 3.99. The Balaban J connectivity index is 4.26. The summed E-state index contributed by atoms with van der Waals surface area (Å²) in [5.41, 5.74) is 5.30. The van der Waals surface area contributed by atoms with Crippen molar-refractivity contribution in [2.24, 2.45) is 5.73 Å². The molecule has 0 radical (unpaired) electrons. The molecule has 2 atom stereocenters. The third-order valence-corrected chi connectivity index (χ3v) is 3.99. The molecule has 136 valence electrons. The van der Waals surface area contributed by atoms with Crippen molar-refractivity contribution in [1.82, 2.24) is 10.2 Å². The zero-order chi connectivity index (χ0) is 17.7. The van der Waals surface area contributed by atoms with E-state index in [9.17, 15) is 9.59 Å². The molecule has 6 nitrogen and oxygen atoms in total. The molecule has 0 aliphatic carbocycles. The Morgan fingerprint density at radius 3 is 2.43 bits per heavy atom. The Labute approximate surface area is 141 Å². The van der Waals surface area contributed by atoms with Gasteiger partial charge in [0.25, 0.3) is 0 Å². The molecule has 3 N–H and O–H groups in total. The molecule has 2 amide bonds. The topological polar surface area (TPSA) is 84.7 Å². The molecule has 0 unspecified atom stereocenters. The summed E-state index contributed by atoms with van der Waals surface area (Å²) in [5, 5.41) is 2.94. The zero-order valence-corrected chi connectivity index (χ0v) is 15.3. The fourth-order valence-electron chi connectivity index (χ4n) is 2.49. The minimum absolute atomic E-state index is 0.000503. The van der Waals surface area contributed by atoms with Crippen molar-refractivity contribution < 1.29 is 14.3 Å². The Bertz CT molecular complexity index is 337. The lowest BCUT2D eigenvalue weighted by atomic mass is 10.1. The second-order valence-corrected chi connectivity index (χ2v) is 6.34. The first kappa shape index (κ1) is 21.9. The summed E-state index contributed by atoms with van der Waals surface area (Å²) < 4.78 is 5.13. The molecule has 0 fully saturated rings. The maximum atomic E-state index is 12.0.